The van der Waals surface area contributed by atoms with Crippen LogP contribution in [-0.4, -0.2) is 55.5 Å². The Labute approximate surface area is 144 Å². The maximum Gasteiger partial charge on any atom is 0.337 e. The van der Waals surface area contributed by atoms with Gasteiger partial charge in [-0.1, -0.05) is 6.07 Å². The van der Waals surface area contributed by atoms with Crippen molar-refractivity contribution in [2.24, 2.45) is 0 Å². The maximum atomic E-state index is 12.7. The summed E-state index contributed by atoms with van der Waals surface area (Å²) in [6, 6.07) is 4.61. The minimum Gasteiger partial charge on any atom is -0.465 e. The first kappa shape index (κ1) is 16.9. The molecule has 1 N–H and O–H groups in total. The molecule has 1 fully saturated rings. The highest BCUT2D eigenvalue weighted by Gasteiger charge is 2.29. The third kappa shape index (κ3) is 3.47. The van der Waals surface area contributed by atoms with Crippen LogP contribution in [0.2, 0.25) is 0 Å². The lowest BCUT2D eigenvalue weighted by Gasteiger charge is -2.33. The number of fused-ring (bicyclic) bond motifs is 1. The van der Waals surface area contributed by atoms with Crippen molar-refractivity contribution >= 4 is 29.5 Å². The molecule has 132 valence electrons. The predicted molar refractivity (Wildman–Crippen MR) is 88.2 cm³/mol. The van der Waals surface area contributed by atoms with Gasteiger partial charge in [-0.25, -0.2) is 9.59 Å². The third-order valence-corrected chi connectivity index (χ3v) is 4.39. The van der Waals surface area contributed by atoms with Crippen LogP contribution < -0.4 is 10.2 Å². The van der Waals surface area contributed by atoms with Crippen LogP contribution in [-0.2, 0) is 20.7 Å². The zero-order valence-corrected chi connectivity index (χ0v) is 13.9. The van der Waals surface area contributed by atoms with E-state index in [0.29, 0.717) is 17.8 Å². The van der Waals surface area contributed by atoms with Gasteiger partial charge in [0.1, 0.15) is 6.54 Å². The van der Waals surface area contributed by atoms with Gasteiger partial charge in [0.15, 0.2) is 0 Å². The third-order valence-electron chi connectivity index (χ3n) is 4.39. The van der Waals surface area contributed by atoms with Crippen molar-refractivity contribution in [1.82, 2.24) is 10.2 Å². The summed E-state index contributed by atoms with van der Waals surface area (Å²) >= 11 is 0. The SMILES string of the molecule is COC(=O)c1ccc2c(c1)N(C(=O)CN1CCC(=O)NC1=O)CCC2. The number of imide groups is 1. The number of carbonyl (C=O) groups is 4. The molecule has 0 atom stereocenters. The Hall–Kier alpha value is -2.90. The molecule has 1 aromatic carbocycles. The monoisotopic (exact) mass is 345 g/mol. The van der Waals surface area contributed by atoms with Gasteiger partial charge in [0.05, 0.1) is 12.7 Å². The zero-order valence-electron chi connectivity index (χ0n) is 13.9. The molecule has 1 saturated heterocycles. The fraction of sp³-hybridized carbons (Fsp3) is 0.412. The van der Waals surface area contributed by atoms with Crippen LogP contribution in [0.25, 0.3) is 0 Å². The second-order valence-corrected chi connectivity index (χ2v) is 6.01. The molecule has 1 aromatic rings. The van der Waals surface area contributed by atoms with Crippen LogP contribution in [0.15, 0.2) is 18.2 Å². The molecule has 0 aromatic heterocycles. The van der Waals surface area contributed by atoms with E-state index in [4.69, 9.17) is 4.74 Å². The Balaban J connectivity index is 1.79. The van der Waals surface area contributed by atoms with Crippen LogP contribution in [0.3, 0.4) is 0 Å². The lowest BCUT2D eigenvalue weighted by atomic mass is 9.99. The Morgan fingerprint density at radius 3 is 2.72 bits per heavy atom. The fourth-order valence-corrected chi connectivity index (χ4v) is 3.08. The fourth-order valence-electron chi connectivity index (χ4n) is 3.08. The smallest absolute Gasteiger partial charge is 0.337 e. The molecule has 0 bridgehead atoms. The molecule has 2 heterocycles. The molecule has 0 radical (unpaired) electrons. The highest BCUT2D eigenvalue weighted by atomic mass is 16.5. The number of aryl methyl sites for hydroxylation is 1. The molecule has 0 aliphatic carbocycles. The number of nitrogens with one attached hydrogen (secondary N) is 1. The molecule has 0 unspecified atom stereocenters. The standard InChI is InChI=1S/C17H19N3O5/c1-25-16(23)12-5-4-11-3-2-7-20(13(11)9-12)15(22)10-19-8-6-14(21)18-17(19)24/h4-5,9H,2-3,6-8,10H2,1H3,(H,18,21,24). The van der Waals surface area contributed by atoms with Gasteiger partial charge in [-0.2, -0.15) is 0 Å². The lowest BCUT2D eigenvalue weighted by Crippen LogP contribution is -2.53. The van der Waals surface area contributed by atoms with Crippen LogP contribution in [0.5, 0.6) is 0 Å². The number of methoxy groups -OCH3 is 1. The van der Waals surface area contributed by atoms with Crippen molar-refractivity contribution in [3.05, 3.63) is 29.3 Å². The van der Waals surface area contributed by atoms with E-state index in [1.165, 1.54) is 12.0 Å². The summed E-state index contributed by atoms with van der Waals surface area (Å²) in [6.07, 6.45) is 1.81. The first-order valence-electron chi connectivity index (χ1n) is 8.10. The van der Waals surface area contributed by atoms with Gasteiger partial charge in [0, 0.05) is 25.2 Å². The van der Waals surface area contributed by atoms with E-state index < -0.39 is 12.0 Å². The van der Waals surface area contributed by atoms with Gasteiger partial charge in [-0.05, 0) is 30.5 Å². The van der Waals surface area contributed by atoms with E-state index in [2.05, 4.69) is 5.32 Å². The van der Waals surface area contributed by atoms with E-state index in [9.17, 15) is 19.2 Å². The highest BCUT2D eigenvalue weighted by Crippen LogP contribution is 2.29. The average Bonchev–Trinajstić information content (AvgIpc) is 2.62. The summed E-state index contributed by atoms with van der Waals surface area (Å²) in [6.45, 7) is 0.630. The largest absolute Gasteiger partial charge is 0.465 e. The molecular formula is C17H19N3O5. The summed E-state index contributed by atoms with van der Waals surface area (Å²) in [5.74, 6) is -1.04. The van der Waals surface area contributed by atoms with E-state index in [-0.39, 0.29) is 31.3 Å². The van der Waals surface area contributed by atoms with Gasteiger partial charge >= 0.3 is 12.0 Å². The van der Waals surface area contributed by atoms with Crippen molar-refractivity contribution in [1.29, 1.82) is 0 Å². The van der Waals surface area contributed by atoms with Gasteiger partial charge in [0.25, 0.3) is 0 Å². The summed E-state index contributed by atoms with van der Waals surface area (Å²) in [4.78, 5) is 50.4. The van der Waals surface area contributed by atoms with E-state index in [1.807, 2.05) is 6.07 Å². The van der Waals surface area contributed by atoms with Crippen molar-refractivity contribution in [2.45, 2.75) is 19.3 Å². The number of esters is 1. The first-order valence-corrected chi connectivity index (χ1v) is 8.10. The molecule has 25 heavy (non-hydrogen) atoms. The van der Waals surface area contributed by atoms with Crippen molar-refractivity contribution in [3.63, 3.8) is 0 Å². The highest BCUT2D eigenvalue weighted by molar-refractivity contribution is 6.02. The number of nitrogens with zero attached hydrogens (tertiary/aromatic N) is 2. The zero-order chi connectivity index (χ0) is 18.0. The van der Waals surface area contributed by atoms with Gasteiger partial charge < -0.3 is 14.5 Å². The van der Waals surface area contributed by atoms with Crippen molar-refractivity contribution in [3.8, 4) is 0 Å². The van der Waals surface area contributed by atoms with E-state index in [0.717, 1.165) is 18.4 Å². The molecule has 0 saturated carbocycles. The number of hydrogen-bond acceptors (Lipinski definition) is 5. The number of hydrogen-bond donors (Lipinski definition) is 1. The molecule has 2 aliphatic heterocycles. The Morgan fingerprint density at radius 2 is 2.00 bits per heavy atom. The van der Waals surface area contributed by atoms with Gasteiger partial charge in [-0.3, -0.25) is 14.9 Å². The average molecular weight is 345 g/mol. The number of ether oxygens (including phenoxy) is 1. The molecular weight excluding hydrogens is 326 g/mol. The molecule has 8 nitrogen and oxygen atoms in total. The van der Waals surface area contributed by atoms with Crippen LogP contribution in [0.4, 0.5) is 10.5 Å². The Kier molecular flexibility index (Phi) is 4.69. The minimum absolute atomic E-state index is 0.110. The second-order valence-electron chi connectivity index (χ2n) is 6.01. The molecule has 0 spiro atoms. The number of anilines is 1. The Bertz CT molecular complexity index is 746. The first-order chi connectivity index (χ1) is 12.0. The van der Waals surface area contributed by atoms with E-state index in [1.54, 1.807) is 17.0 Å². The van der Waals surface area contributed by atoms with Crippen molar-refractivity contribution in [2.75, 3.05) is 31.6 Å². The predicted octanol–water partition coefficient (Wildman–Crippen LogP) is 0.694. The van der Waals surface area contributed by atoms with Crippen LogP contribution >= 0.6 is 0 Å². The lowest BCUT2D eigenvalue weighted by molar-refractivity contribution is -0.124. The quantitative estimate of drug-likeness (QED) is 0.814. The van der Waals surface area contributed by atoms with Crippen LogP contribution in [0.1, 0.15) is 28.8 Å². The topological polar surface area (TPSA) is 96.0 Å². The molecule has 4 amide bonds. The summed E-state index contributed by atoms with van der Waals surface area (Å²) in [7, 11) is 1.31. The summed E-state index contributed by atoms with van der Waals surface area (Å²) in [5, 5.41) is 2.20. The number of carbonyl (C=O) groups excluding carboxylic acids is 4. The minimum atomic E-state index is -0.551. The molecule has 8 heteroatoms. The van der Waals surface area contributed by atoms with Crippen LogP contribution in [0, 0.1) is 0 Å². The maximum absolute atomic E-state index is 12.7. The van der Waals surface area contributed by atoms with Gasteiger partial charge in [0.2, 0.25) is 11.8 Å². The Morgan fingerprint density at radius 1 is 1.20 bits per heavy atom. The number of benzene rings is 1. The molecule has 2 aliphatic rings. The van der Waals surface area contributed by atoms with Gasteiger partial charge in [-0.15, -0.1) is 0 Å². The summed E-state index contributed by atoms with van der Waals surface area (Å²) in [5.41, 5.74) is 2.03. The normalized spacial score (nSPS) is 17.0. The second kappa shape index (κ2) is 6.92. The number of rotatable bonds is 3. The van der Waals surface area contributed by atoms with Crippen molar-refractivity contribution < 1.29 is 23.9 Å². The molecule has 3 rings (SSSR count). The van der Waals surface area contributed by atoms with E-state index >= 15 is 0 Å². The number of amides is 4. The summed E-state index contributed by atoms with van der Waals surface area (Å²) < 4.78 is 4.73. The number of urea groups is 1.